The summed E-state index contributed by atoms with van der Waals surface area (Å²) in [4.78, 5) is 22.0. The van der Waals surface area contributed by atoms with Gasteiger partial charge in [-0.05, 0) is 29.8 Å². The molecule has 6 nitrogen and oxygen atoms in total. The number of nitro benzene ring substituents is 1. The maximum atomic E-state index is 11.4. The van der Waals surface area contributed by atoms with E-state index in [1.807, 2.05) is 0 Å². The van der Waals surface area contributed by atoms with Crippen LogP contribution < -0.4 is 5.11 Å². The molecule has 0 spiro atoms. The van der Waals surface area contributed by atoms with Crippen molar-refractivity contribution < 1.29 is 19.2 Å². The molecule has 3 aromatic rings. The van der Waals surface area contributed by atoms with E-state index in [2.05, 4.69) is 0 Å². The Kier molecular flexibility index (Phi) is 4.43. The summed E-state index contributed by atoms with van der Waals surface area (Å²) in [5.74, 6) is -0.796. The lowest BCUT2D eigenvalue weighted by molar-refractivity contribution is -0.384. The monoisotopic (exact) mass is 334 g/mol. The fraction of sp³-hybridized carbons (Fsp3) is 0. The summed E-state index contributed by atoms with van der Waals surface area (Å²) in [6.45, 7) is 0. The van der Waals surface area contributed by atoms with Gasteiger partial charge in [0.05, 0.1) is 16.5 Å². The minimum atomic E-state index is -1.34. The van der Waals surface area contributed by atoms with E-state index in [4.69, 9.17) is 4.42 Å². The van der Waals surface area contributed by atoms with Crippen LogP contribution in [0.1, 0.15) is 11.3 Å². The topological polar surface area (TPSA) is 96.4 Å². The number of benzene rings is 2. The second-order valence-electron chi connectivity index (χ2n) is 5.19. The summed E-state index contributed by atoms with van der Waals surface area (Å²) in [7, 11) is 0. The molecule has 0 aliphatic rings. The highest BCUT2D eigenvalue weighted by atomic mass is 16.6. The highest BCUT2D eigenvalue weighted by Crippen LogP contribution is 2.31. The quantitative estimate of drug-likeness (QED) is 0.406. The number of furan rings is 1. The van der Waals surface area contributed by atoms with E-state index < -0.39 is 10.9 Å². The molecule has 0 amide bonds. The SMILES string of the molecule is O=C([O-])/C(=C\c1ccc(-c2ccccc2[N+](=O)[O-])o1)c1ccccc1. The molecule has 0 aliphatic carbocycles. The van der Waals surface area contributed by atoms with Gasteiger partial charge in [-0.1, -0.05) is 42.5 Å². The number of para-hydroxylation sites is 1. The third-order valence-electron chi connectivity index (χ3n) is 3.58. The van der Waals surface area contributed by atoms with Crippen LogP contribution >= 0.6 is 0 Å². The number of nitrogens with zero attached hydrogens (tertiary/aromatic N) is 1. The van der Waals surface area contributed by atoms with E-state index in [1.54, 1.807) is 60.7 Å². The zero-order valence-electron chi connectivity index (χ0n) is 12.9. The average Bonchev–Trinajstić information content (AvgIpc) is 3.08. The zero-order valence-corrected chi connectivity index (χ0v) is 12.9. The normalized spacial score (nSPS) is 11.3. The van der Waals surface area contributed by atoms with Crippen molar-refractivity contribution in [1.82, 2.24) is 0 Å². The predicted molar refractivity (Wildman–Crippen MR) is 90.1 cm³/mol. The molecule has 1 heterocycles. The number of carbonyl (C=O) groups is 1. The van der Waals surface area contributed by atoms with Gasteiger partial charge in [0.1, 0.15) is 11.5 Å². The molecule has 0 unspecified atom stereocenters. The van der Waals surface area contributed by atoms with E-state index in [0.29, 0.717) is 11.1 Å². The van der Waals surface area contributed by atoms with Crippen LogP contribution in [0.15, 0.2) is 71.1 Å². The Hall–Kier alpha value is -3.67. The van der Waals surface area contributed by atoms with Gasteiger partial charge < -0.3 is 14.3 Å². The van der Waals surface area contributed by atoms with Crippen LogP contribution in [0.2, 0.25) is 0 Å². The number of nitro groups is 1. The van der Waals surface area contributed by atoms with Crippen molar-refractivity contribution in [3.8, 4) is 11.3 Å². The largest absolute Gasteiger partial charge is 0.545 e. The molecule has 2 aromatic carbocycles. The van der Waals surface area contributed by atoms with Crippen LogP contribution in [-0.2, 0) is 4.79 Å². The van der Waals surface area contributed by atoms with E-state index in [-0.39, 0.29) is 22.8 Å². The van der Waals surface area contributed by atoms with Gasteiger partial charge in [0.15, 0.2) is 0 Å². The van der Waals surface area contributed by atoms with Gasteiger partial charge >= 0.3 is 0 Å². The standard InChI is InChI=1S/C19H13NO5/c21-19(22)16(13-6-2-1-3-7-13)12-14-10-11-18(25-14)15-8-4-5-9-17(15)20(23)24/h1-12H,(H,21,22)/p-1/b16-12-. The van der Waals surface area contributed by atoms with Crippen molar-refractivity contribution >= 4 is 23.3 Å². The van der Waals surface area contributed by atoms with Crippen molar-refractivity contribution in [2.45, 2.75) is 0 Å². The Morgan fingerprint density at radius 1 is 0.960 bits per heavy atom. The van der Waals surface area contributed by atoms with E-state index in [0.717, 1.165) is 0 Å². The average molecular weight is 334 g/mol. The number of carbonyl (C=O) groups excluding carboxylic acids is 1. The molecule has 0 bridgehead atoms. The molecule has 0 fully saturated rings. The minimum absolute atomic E-state index is 0.0379. The molecule has 0 saturated heterocycles. The van der Waals surface area contributed by atoms with Crippen LogP contribution in [0, 0.1) is 10.1 Å². The van der Waals surface area contributed by atoms with Crippen molar-refractivity contribution in [3.63, 3.8) is 0 Å². The van der Waals surface area contributed by atoms with Crippen molar-refractivity contribution in [2.75, 3.05) is 0 Å². The number of aliphatic carboxylic acids is 1. The molecule has 25 heavy (non-hydrogen) atoms. The first kappa shape index (κ1) is 16.2. The maximum absolute atomic E-state index is 11.4. The zero-order chi connectivity index (χ0) is 17.8. The minimum Gasteiger partial charge on any atom is -0.545 e. The molecule has 0 N–H and O–H groups in total. The summed E-state index contributed by atoms with van der Waals surface area (Å²) < 4.78 is 5.59. The first-order valence-corrected chi connectivity index (χ1v) is 7.38. The van der Waals surface area contributed by atoms with Crippen LogP contribution in [0.4, 0.5) is 5.69 Å². The molecular formula is C19H12NO5-. The second-order valence-corrected chi connectivity index (χ2v) is 5.19. The number of hydrogen-bond donors (Lipinski definition) is 0. The molecule has 0 atom stereocenters. The Morgan fingerprint density at radius 2 is 1.64 bits per heavy atom. The predicted octanol–water partition coefficient (Wildman–Crippen LogP) is 3.15. The lowest BCUT2D eigenvalue weighted by Gasteiger charge is -2.08. The Morgan fingerprint density at radius 3 is 2.32 bits per heavy atom. The van der Waals surface area contributed by atoms with Gasteiger partial charge in [-0.3, -0.25) is 10.1 Å². The number of carboxylic acid groups (broad SMARTS) is 1. The van der Waals surface area contributed by atoms with Gasteiger partial charge in [-0.25, -0.2) is 0 Å². The molecule has 0 aliphatic heterocycles. The summed E-state index contributed by atoms with van der Waals surface area (Å²) in [6, 6.07) is 17.8. The molecule has 3 rings (SSSR count). The number of carboxylic acids is 1. The van der Waals surface area contributed by atoms with Crippen LogP contribution in [0.25, 0.3) is 23.0 Å². The first-order valence-electron chi connectivity index (χ1n) is 7.38. The van der Waals surface area contributed by atoms with Crippen LogP contribution in [0.5, 0.6) is 0 Å². The Labute approximate surface area is 142 Å². The molecule has 6 heteroatoms. The summed E-state index contributed by atoms with van der Waals surface area (Å²) >= 11 is 0. The van der Waals surface area contributed by atoms with E-state index in [1.165, 1.54) is 12.1 Å². The fourth-order valence-electron chi connectivity index (χ4n) is 2.44. The van der Waals surface area contributed by atoms with Crippen molar-refractivity contribution in [1.29, 1.82) is 0 Å². The maximum Gasteiger partial charge on any atom is 0.280 e. The lowest BCUT2D eigenvalue weighted by Crippen LogP contribution is -2.23. The van der Waals surface area contributed by atoms with Gasteiger partial charge in [-0.2, -0.15) is 0 Å². The molecule has 1 aromatic heterocycles. The van der Waals surface area contributed by atoms with Crippen LogP contribution in [0.3, 0.4) is 0 Å². The number of rotatable bonds is 5. The molecule has 0 saturated carbocycles. The lowest BCUT2D eigenvalue weighted by atomic mass is 10.1. The number of hydrogen-bond acceptors (Lipinski definition) is 5. The summed E-state index contributed by atoms with van der Waals surface area (Å²) in [5, 5.41) is 22.5. The van der Waals surface area contributed by atoms with Gasteiger partial charge in [0.25, 0.3) is 5.69 Å². The van der Waals surface area contributed by atoms with Gasteiger partial charge in [-0.15, -0.1) is 0 Å². The summed E-state index contributed by atoms with van der Waals surface area (Å²) in [5.41, 5.74) is 0.674. The Bertz CT molecular complexity index is 957. The summed E-state index contributed by atoms with van der Waals surface area (Å²) in [6.07, 6.45) is 1.34. The third kappa shape index (κ3) is 3.48. The Balaban J connectivity index is 2.02. The first-order chi connectivity index (χ1) is 12.1. The molecular weight excluding hydrogens is 322 g/mol. The van der Waals surface area contributed by atoms with E-state index >= 15 is 0 Å². The van der Waals surface area contributed by atoms with Crippen molar-refractivity contribution in [3.05, 3.63) is 88.2 Å². The second kappa shape index (κ2) is 6.84. The van der Waals surface area contributed by atoms with Crippen LogP contribution in [-0.4, -0.2) is 10.9 Å². The van der Waals surface area contributed by atoms with E-state index in [9.17, 15) is 20.0 Å². The van der Waals surface area contributed by atoms with Crippen molar-refractivity contribution in [2.24, 2.45) is 0 Å². The van der Waals surface area contributed by atoms with Gasteiger partial charge in [0, 0.05) is 11.6 Å². The highest BCUT2D eigenvalue weighted by Gasteiger charge is 2.17. The van der Waals surface area contributed by atoms with Gasteiger partial charge in [0.2, 0.25) is 0 Å². The fourth-order valence-corrected chi connectivity index (χ4v) is 2.44. The molecule has 124 valence electrons. The molecule has 0 radical (unpaired) electrons. The third-order valence-corrected chi connectivity index (χ3v) is 3.58. The highest BCUT2D eigenvalue weighted by molar-refractivity contribution is 6.19. The smallest absolute Gasteiger partial charge is 0.280 e.